The molecular weight excluding hydrogens is 188 g/mol. The van der Waals surface area contributed by atoms with Crippen molar-refractivity contribution in [3.8, 4) is 0 Å². The maximum atomic E-state index is 9.68. The van der Waals surface area contributed by atoms with Gasteiger partial charge in [0.25, 0.3) is 0 Å². The molecule has 0 radical (unpaired) electrons. The molecule has 1 heterocycles. The Morgan fingerprint density at radius 1 is 1.40 bits per heavy atom. The Labute approximate surface area is 93.9 Å². The molecule has 0 aromatic carbocycles. The third kappa shape index (κ3) is 4.09. The molecule has 3 atom stereocenters. The number of rotatable bonds is 3. The number of hydrogen-bond acceptors (Lipinski definition) is 3. The van der Waals surface area contributed by atoms with Crippen molar-refractivity contribution in [1.29, 1.82) is 0 Å². The summed E-state index contributed by atoms with van der Waals surface area (Å²) in [6, 6.07) is 1.18. The second-order valence-electron chi connectivity index (χ2n) is 5.80. The number of hydrogen-bond donors (Lipinski definition) is 2. The van der Waals surface area contributed by atoms with Gasteiger partial charge >= 0.3 is 0 Å². The SMILES string of the molecule is C[C@@H]1CN(C)[C@@H](C)C[C@@H]1NCC(C)(C)O. The number of aliphatic hydroxyl groups is 1. The molecule has 0 unspecified atom stereocenters. The molecule has 0 amide bonds. The summed E-state index contributed by atoms with van der Waals surface area (Å²) in [5.41, 5.74) is -0.605. The quantitative estimate of drug-likeness (QED) is 0.738. The first-order chi connectivity index (χ1) is 6.79. The molecule has 0 spiro atoms. The molecule has 90 valence electrons. The van der Waals surface area contributed by atoms with Crippen LogP contribution in [0.1, 0.15) is 34.1 Å². The third-order valence-corrected chi connectivity index (χ3v) is 3.41. The van der Waals surface area contributed by atoms with E-state index < -0.39 is 5.60 Å². The molecule has 2 N–H and O–H groups in total. The van der Waals surface area contributed by atoms with Crippen molar-refractivity contribution in [3.63, 3.8) is 0 Å². The van der Waals surface area contributed by atoms with Crippen LogP contribution in [0.5, 0.6) is 0 Å². The minimum Gasteiger partial charge on any atom is -0.389 e. The number of nitrogens with zero attached hydrogens (tertiary/aromatic N) is 1. The normalized spacial score (nSPS) is 34.4. The molecule has 0 aromatic heterocycles. The molecule has 15 heavy (non-hydrogen) atoms. The largest absolute Gasteiger partial charge is 0.389 e. The van der Waals surface area contributed by atoms with Crippen LogP contribution < -0.4 is 5.32 Å². The molecule has 0 aliphatic carbocycles. The smallest absolute Gasteiger partial charge is 0.0715 e. The molecule has 1 rings (SSSR count). The fourth-order valence-electron chi connectivity index (χ4n) is 2.21. The first kappa shape index (κ1) is 12.9. The highest BCUT2D eigenvalue weighted by atomic mass is 16.3. The molecular formula is C12H26N2O. The van der Waals surface area contributed by atoms with Crippen LogP contribution in [0.25, 0.3) is 0 Å². The monoisotopic (exact) mass is 214 g/mol. The molecule has 1 aliphatic rings. The standard InChI is InChI=1S/C12H26N2O/c1-9-7-14(5)10(2)6-11(9)13-8-12(3,4)15/h9-11,13,15H,6-8H2,1-5H3/t9-,10+,11+/m1/s1. The van der Waals surface area contributed by atoms with Crippen molar-refractivity contribution < 1.29 is 5.11 Å². The lowest BCUT2D eigenvalue weighted by Gasteiger charge is -2.40. The zero-order chi connectivity index (χ0) is 11.6. The van der Waals surface area contributed by atoms with Crippen molar-refractivity contribution in [2.45, 2.75) is 51.8 Å². The van der Waals surface area contributed by atoms with Crippen molar-refractivity contribution >= 4 is 0 Å². The second-order valence-corrected chi connectivity index (χ2v) is 5.80. The molecule has 1 saturated heterocycles. The Morgan fingerprint density at radius 2 is 2.00 bits per heavy atom. The van der Waals surface area contributed by atoms with E-state index in [1.165, 1.54) is 6.42 Å². The fourth-order valence-corrected chi connectivity index (χ4v) is 2.21. The fraction of sp³-hybridized carbons (Fsp3) is 1.00. The number of piperidine rings is 1. The van der Waals surface area contributed by atoms with Crippen LogP contribution in [0.15, 0.2) is 0 Å². The Morgan fingerprint density at radius 3 is 2.53 bits per heavy atom. The Kier molecular flexibility index (Phi) is 4.15. The Balaban J connectivity index is 2.41. The predicted octanol–water partition coefficient (Wildman–Crippen LogP) is 1.08. The molecule has 1 aliphatic heterocycles. The lowest BCUT2D eigenvalue weighted by Crippen LogP contribution is -2.53. The average Bonchev–Trinajstić information content (AvgIpc) is 2.07. The summed E-state index contributed by atoms with van der Waals surface area (Å²) < 4.78 is 0. The highest BCUT2D eigenvalue weighted by molar-refractivity contribution is 4.87. The zero-order valence-electron chi connectivity index (χ0n) is 10.7. The van der Waals surface area contributed by atoms with Gasteiger partial charge in [-0.2, -0.15) is 0 Å². The van der Waals surface area contributed by atoms with Gasteiger partial charge in [-0.05, 0) is 40.2 Å². The molecule has 3 heteroatoms. The summed E-state index contributed by atoms with van der Waals surface area (Å²) >= 11 is 0. The van der Waals surface area contributed by atoms with E-state index in [2.05, 4.69) is 31.1 Å². The van der Waals surface area contributed by atoms with Crippen molar-refractivity contribution in [2.75, 3.05) is 20.1 Å². The van der Waals surface area contributed by atoms with Gasteiger partial charge in [0.1, 0.15) is 0 Å². The minimum absolute atomic E-state index is 0.544. The Bertz CT molecular complexity index is 200. The maximum absolute atomic E-state index is 9.68. The van der Waals surface area contributed by atoms with Crippen LogP contribution in [0.2, 0.25) is 0 Å². The number of nitrogens with one attached hydrogen (secondary N) is 1. The van der Waals surface area contributed by atoms with E-state index in [4.69, 9.17) is 0 Å². The van der Waals surface area contributed by atoms with E-state index in [1.54, 1.807) is 0 Å². The summed E-state index contributed by atoms with van der Waals surface area (Å²) in [6.07, 6.45) is 1.17. The predicted molar refractivity (Wildman–Crippen MR) is 64.0 cm³/mol. The number of likely N-dealkylation sites (tertiary alicyclic amines) is 1. The average molecular weight is 214 g/mol. The summed E-state index contributed by atoms with van der Waals surface area (Å²) in [5, 5.41) is 13.2. The molecule has 1 fully saturated rings. The van der Waals surface area contributed by atoms with E-state index in [0.29, 0.717) is 24.5 Å². The van der Waals surface area contributed by atoms with Gasteiger partial charge in [0, 0.05) is 25.2 Å². The van der Waals surface area contributed by atoms with E-state index in [9.17, 15) is 5.11 Å². The van der Waals surface area contributed by atoms with Gasteiger partial charge in [-0.15, -0.1) is 0 Å². The van der Waals surface area contributed by atoms with Gasteiger partial charge in [-0.3, -0.25) is 0 Å². The summed E-state index contributed by atoms with van der Waals surface area (Å²) in [4.78, 5) is 2.41. The molecule has 0 saturated carbocycles. The van der Waals surface area contributed by atoms with E-state index in [0.717, 1.165) is 6.54 Å². The van der Waals surface area contributed by atoms with E-state index >= 15 is 0 Å². The van der Waals surface area contributed by atoms with Gasteiger partial charge in [0.15, 0.2) is 0 Å². The van der Waals surface area contributed by atoms with Gasteiger partial charge in [0.2, 0.25) is 0 Å². The first-order valence-electron chi connectivity index (χ1n) is 5.95. The van der Waals surface area contributed by atoms with Crippen LogP contribution in [0.3, 0.4) is 0 Å². The van der Waals surface area contributed by atoms with Gasteiger partial charge in [-0.1, -0.05) is 6.92 Å². The zero-order valence-corrected chi connectivity index (χ0v) is 10.7. The Hall–Kier alpha value is -0.120. The highest BCUT2D eigenvalue weighted by Gasteiger charge is 2.29. The van der Waals surface area contributed by atoms with Gasteiger partial charge in [-0.25, -0.2) is 0 Å². The van der Waals surface area contributed by atoms with Gasteiger partial charge < -0.3 is 15.3 Å². The summed E-state index contributed by atoms with van der Waals surface area (Å²) in [5.74, 6) is 0.661. The van der Waals surface area contributed by atoms with E-state index in [1.807, 2.05) is 13.8 Å². The van der Waals surface area contributed by atoms with Crippen LogP contribution >= 0.6 is 0 Å². The van der Waals surface area contributed by atoms with Crippen LogP contribution in [-0.4, -0.2) is 47.8 Å². The van der Waals surface area contributed by atoms with Crippen molar-refractivity contribution in [2.24, 2.45) is 5.92 Å². The maximum Gasteiger partial charge on any atom is 0.0715 e. The summed E-state index contributed by atoms with van der Waals surface area (Å²) in [6.45, 7) is 10.1. The highest BCUT2D eigenvalue weighted by Crippen LogP contribution is 2.20. The molecule has 0 bridgehead atoms. The summed E-state index contributed by atoms with van der Waals surface area (Å²) in [7, 11) is 2.19. The van der Waals surface area contributed by atoms with Crippen LogP contribution in [0.4, 0.5) is 0 Å². The first-order valence-corrected chi connectivity index (χ1v) is 5.95. The van der Waals surface area contributed by atoms with Gasteiger partial charge in [0.05, 0.1) is 5.60 Å². The molecule has 3 nitrogen and oxygen atoms in total. The molecule has 0 aromatic rings. The lowest BCUT2D eigenvalue weighted by atomic mass is 9.89. The van der Waals surface area contributed by atoms with Crippen molar-refractivity contribution in [3.05, 3.63) is 0 Å². The topological polar surface area (TPSA) is 35.5 Å². The van der Waals surface area contributed by atoms with Crippen molar-refractivity contribution in [1.82, 2.24) is 10.2 Å². The van der Waals surface area contributed by atoms with E-state index in [-0.39, 0.29) is 0 Å². The minimum atomic E-state index is -0.605. The third-order valence-electron chi connectivity index (χ3n) is 3.41. The second kappa shape index (κ2) is 4.81. The lowest BCUT2D eigenvalue weighted by molar-refractivity contribution is 0.0602. The van der Waals surface area contributed by atoms with Crippen LogP contribution in [-0.2, 0) is 0 Å². The van der Waals surface area contributed by atoms with Crippen LogP contribution in [0, 0.1) is 5.92 Å².